The van der Waals surface area contributed by atoms with Crippen LogP contribution in [0.1, 0.15) is 92.4 Å². The van der Waals surface area contributed by atoms with Crippen LogP contribution < -0.4 is 0 Å². The van der Waals surface area contributed by atoms with Crippen molar-refractivity contribution in [2.75, 3.05) is 6.61 Å². The van der Waals surface area contributed by atoms with E-state index in [-0.39, 0.29) is 18.3 Å². The van der Waals surface area contributed by atoms with Crippen molar-refractivity contribution < 1.29 is 9.84 Å². The summed E-state index contributed by atoms with van der Waals surface area (Å²) in [5.74, 6) is 2.59. The molecule has 4 atom stereocenters. The smallest absolute Gasteiger partial charge is 0.110 e. The van der Waals surface area contributed by atoms with Gasteiger partial charge in [0.25, 0.3) is 0 Å². The van der Waals surface area contributed by atoms with Gasteiger partial charge in [-0.05, 0) is 31.1 Å². The maximum absolute atomic E-state index is 9.09. The van der Waals surface area contributed by atoms with Crippen LogP contribution in [0.4, 0.5) is 0 Å². The number of hydrogen-bond donors (Lipinski definition) is 1. The number of aliphatic hydroxyl groups excluding tert-OH is 1. The van der Waals surface area contributed by atoms with Gasteiger partial charge in [0, 0.05) is 0 Å². The zero-order valence-electron chi connectivity index (χ0n) is 15.7. The van der Waals surface area contributed by atoms with Crippen molar-refractivity contribution in [1.29, 1.82) is 0 Å². The van der Waals surface area contributed by atoms with Crippen LogP contribution in [0.25, 0.3) is 0 Å². The molecule has 0 spiro atoms. The van der Waals surface area contributed by atoms with Crippen molar-refractivity contribution in [2.45, 2.75) is 104 Å². The van der Waals surface area contributed by atoms with Gasteiger partial charge < -0.3 is 9.84 Å². The van der Waals surface area contributed by atoms with Crippen LogP contribution in [0.3, 0.4) is 0 Å². The number of hydrogen-bond acceptors (Lipinski definition) is 2. The number of rotatable bonds is 13. The van der Waals surface area contributed by atoms with Crippen LogP contribution in [-0.4, -0.2) is 23.4 Å². The van der Waals surface area contributed by atoms with Gasteiger partial charge in [-0.15, -0.1) is 0 Å². The lowest BCUT2D eigenvalue weighted by atomic mass is 9.90. The molecule has 0 aliphatic carbocycles. The highest BCUT2D eigenvalue weighted by molar-refractivity contribution is 4.98. The summed E-state index contributed by atoms with van der Waals surface area (Å²) in [5.41, 5.74) is -0.0145. The molecule has 0 bridgehead atoms. The van der Waals surface area contributed by atoms with Crippen LogP contribution in [0, 0.1) is 17.8 Å². The fourth-order valence-corrected chi connectivity index (χ4v) is 3.52. The molecule has 2 unspecified atom stereocenters. The fraction of sp³-hybridized carbons (Fsp3) is 1.00. The highest BCUT2D eigenvalue weighted by Crippen LogP contribution is 2.40. The Bertz CT molecular complexity index is 289. The monoisotopic (exact) mass is 312 g/mol. The highest BCUT2D eigenvalue weighted by Gasteiger charge is 2.50. The summed E-state index contributed by atoms with van der Waals surface area (Å²) in [4.78, 5) is 0. The third-order valence-electron chi connectivity index (χ3n) is 5.44. The zero-order valence-corrected chi connectivity index (χ0v) is 15.7. The van der Waals surface area contributed by atoms with Gasteiger partial charge in [-0.25, -0.2) is 0 Å². The largest absolute Gasteiger partial charge is 0.394 e. The molecule has 0 aromatic heterocycles. The van der Waals surface area contributed by atoms with E-state index in [0.717, 1.165) is 24.2 Å². The number of epoxide rings is 1. The zero-order chi connectivity index (χ0) is 16.6. The van der Waals surface area contributed by atoms with Gasteiger partial charge >= 0.3 is 0 Å². The van der Waals surface area contributed by atoms with Gasteiger partial charge in [-0.3, -0.25) is 0 Å². The van der Waals surface area contributed by atoms with Crippen LogP contribution >= 0.6 is 0 Å². The Kier molecular flexibility index (Phi) is 9.01. The molecule has 1 aliphatic heterocycles. The Morgan fingerprint density at radius 2 is 1.36 bits per heavy atom. The standard InChI is InChI=1S/C20H40O2/c1-16(2)9-6-10-17(3)11-7-12-18(4)13-8-14-20(5)19(15-21)22-20/h16-19,21H,6-15H2,1-5H3/t17?,18?,19-,20-/m1/s1. The van der Waals surface area contributed by atoms with E-state index in [2.05, 4.69) is 34.6 Å². The maximum atomic E-state index is 9.09. The molecule has 1 fully saturated rings. The Morgan fingerprint density at radius 1 is 0.864 bits per heavy atom. The molecule has 0 amide bonds. The van der Waals surface area contributed by atoms with E-state index in [0.29, 0.717) is 0 Å². The molecule has 0 saturated carbocycles. The summed E-state index contributed by atoms with van der Waals surface area (Å²) in [6.07, 6.45) is 12.1. The van der Waals surface area contributed by atoms with Crippen molar-refractivity contribution in [1.82, 2.24) is 0 Å². The first kappa shape index (κ1) is 20.0. The van der Waals surface area contributed by atoms with Crippen LogP contribution in [0.5, 0.6) is 0 Å². The molecular formula is C20H40O2. The average Bonchev–Trinajstić information content (AvgIpc) is 3.09. The molecule has 0 aromatic carbocycles. The Labute approximate surface area is 139 Å². The molecule has 1 N–H and O–H groups in total. The SMILES string of the molecule is CC(C)CCCC(C)CCCC(C)CCC[C@@]1(C)O[C@@H]1CO. The fourth-order valence-electron chi connectivity index (χ4n) is 3.52. The Balaban J connectivity index is 1.96. The molecular weight excluding hydrogens is 272 g/mol. The van der Waals surface area contributed by atoms with Crippen molar-refractivity contribution in [3.05, 3.63) is 0 Å². The second-order valence-corrected chi connectivity index (χ2v) is 8.46. The van der Waals surface area contributed by atoms with E-state index >= 15 is 0 Å². The van der Waals surface area contributed by atoms with Crippen LogP contribution in [-0.2, 0) is 4.74 Å². The molecule has 132 valence electrons. The average molecular weight is 313 g/mol. The minimum atomic E-state index is -0.0145. The molecule has 2 heteroatoms. The number of ether oxygens (including phenoxy) is 1. The van der Waals surface area contributed by atoms with Crippen molar-refractivity contribution in [3.63, 3.8) is 0 Å². The van der Waals surface area contributed by atoms with Crippen LogP contribution in [0.2, 0.25) is 0 Å². The summed E-state index contributed by atoms with van der Waals surface area (Å²) in [6, 6.07) is 0. The van der Waals surface area contributed by atoms with Gasteiger partial charge in [-0.1, -0.05) is 79.1 Å². The minimum absolute atomic E-state index is 0.0145. The molecule has 1 aliphatic rings. The predicted molar refractivity (Wildman–Crippen MR) is 95.1 cm³/mol. The normalized spacial score (nSPS) is 27.1. The summed E-state index contributed by atoms with van der Waals surface area (Å²) in [6.45, 7) is 11.8. The van der Waals surface area contributed by atoms with E-state index < -0.39 is 0 Å². The first-order valence-corrected chi connectivity index (χ1v) is 9.66. The molecule has 0 aromatic rings. The lowest BCUT2D eigenvalue weighted by Gasteiger charge is -2.15. The first-order valence-electron chi connectivity index (χ1n) is 9.66. The highest BCUT2D eigenvalue weighted by atomic mass is 16.6. The molecule has 1 heterocycles. The number of aliphatic hydroxyl groups is 1. The molecule has 2 nitrogen and oxygen atoms in total. The van der Waals surface area contributed by atoms with Gasteiger partial charge in [0.1, 0.15) is 6.10 Å². The second-order valence-electron chi connectivity index (χ2n) is 8.46. The Morgan fingerprint density at radius 3 is 1.82 bits per heavy atom. The third-order valence-corrected chi connectivity index (χ3v) is 5.44. The van der Waals surface area contributed by atoms with Gasteiger partial charge in [0.2, 0.25) is 0 Å². The van der Waals surface area contributed by atoms with Crippen molar-refractivity contribution in [2.24, 2.45) is 17.8 Å². The summed E-state index contributed by atoms with van der Waals surface area (Å²) in [7, 11) is 0. The molecule has 0 radical (unpaired) electrons. The van der Waals surface area contributed by atoms with E-state index in [9.17, 15) is 0 Å². The second kappa shape index (κ2) is 9.93. The van der Waals surface area contributed by atoms with Gasteiger partial charge in [0.15, 0.2) is 0 Å². The first-order chi connectivity index (χ1) is 10.4. The lowest BCUT2D eigenvalue weighted by molar-refractivity contribution is 0.234. The maximum Gasteiger partial charge on any atom is 0.110 e. The van der Waals surface area contributed by atoms with Crippen molar-refractivity contribution in [3.8, 4) is 0 Å². The van der Waals surface area contributed by atoms with Crippen LogP contribution in [0.15, 0.2) is 0 Å². The predicted octanol–water partition coefficient (Wildman–Crippen LogP) is 5.58. The molecule has 22 heavy (non-hydrogen) atoms. The summed E-state index contributed by atoms with van der Waals surface area (Å²) in [5, 5.41) is 9.09. The van der Waals surface area contributed by atoms with Gasteiger partial charge in [0.05, 0.1) is 12.2 Å². The quantitative estimate of drug-likeness (QED) is 0.451. The van der Waals surface area contributed by atoms with Crippen molar-refractivity contribution >= 4 is 0 Å². The third kappa shape index (κ3) is 7.97. The van der Waals surface area contributed by atoms with E-state index in [1.54, 1.807) is 0 Å². The van der Waals surface area contributed by atoms with E-state index in [4.69, 9.17) is 9.84 Å². The summed E-state index contributed by atoms with van der Waals surface area (Å²) < 4.78 is 5.55. The lowest BCUT2D eigenvalue weighted by Crippen LogP contribution is -2.12. The molecule has 1 saturated heterocycles. The topological polar surface area (TPSA) is 32.8 Å². The Hall–Kier alpha value is -0.0800. The van der Waals surface area contributed by atoms with E-state index in [1.807, 2.05) is 0 Å². The minimum Gasteiger partial charge on any atom is -0.394 e. The van der Waals surface area contributed by atoms with Gasteiger partial charge in [-0.2, -0.15) is 0 Å². The van der Waals surface area contributed by atoms with E-state index in [1.165, 1.54) is 51.4 Å². The summed E-state index contributed by atoms with van der Waals surface area (Å²) >= 11 is 0. The molecule has 1 rings (SSSR count).